The summed E-state index contributed by atoms with van der Waals surface area (Å²) in [4.78, 5) is 61.2. The molecule has 23 heteroatoms. The van der Waals surface area contributed by atoms with Crippen molar-refractivity contribution in [2.45, 2.75) is 107 Å². The Morgan fingerprint density at radius 1 is 0.594 bits per heavy atom. The van der Waals surface area contributed by atoms with E-state index in [4.69, 9.17) is 18.3 Å². The second kappa shape index (κ2) is 26.6. The molecule has 0 bridgehead atoms. The molecule has 3 unspecified atom stereocenters. The molecule has 3 saturated heterocycles. The number of aromatic nitrogens is 7. The van der Waals surface area contributed by atoms with Crippen LogP contribution in [0.2, 0.25) is 0 Å². The Labute approximate surface area is 562 Å². The van der Waals surface area contributed by atoms with E-state index >= 15 is 0 Å². The van der Waals surface area contributed by atoms with Crippen molar-refractivity contribution in [2.75, 3.05) is 71.0 Å². The van der Waals surface area contributed by atoms with E-state index in [0.717, 1.165) is 106 Å². The van der Waals surface area contributed by atoms with Crippen LogP contribution in [0.4, 0.5) is 5.82 Å². The zero-order chi connectivity index (χ0) is 66.3. The maximum Gasteiger partial charge on any atom is 0.259 e. The zero-order valence-corrected chi connectivity index (χ0v) is 55.1. The van der Waals surface area contributed by atoms with Gasteiger partial charge in [0, 0.05) is 109 Å². The third-order valence-electron chi connectivity index (χ3n) is 20.0. The lowest BCUT2D eigenvalue weighted by Gasteiger charge is -2.24. The lowest BCUT2D eigenvalue weighted by atomic mass is 9.80. The largest absolute Gasteiger partial charge is 0.493 e. The van der Waals surface area contributed by atoms with Gasteiger partial charge in [0.05, 0.1) is 53.7 Å². The molecule has 7 aliphatic rings. The number of fused-ring (bicyclic) bond motifs is 6. The van der Waals surface area contributed by atoms with Crippen molar-refractivity contribution in [3.63, 3.8) is 0 Å². The lowest BCUT2D eigenvalue weighted by Crippen LogP contribution is -2.32. The third kappa shape index (κ3) is 12.4. The number of amides is 3. The number of nitrogens with one attached hydrogen (secondary N) is 1. The number of halogens is 1. The number of carbonyl (C=O) groups is 3. The van der Waals surface area contributed by atoms with Gasteiger partial charge in [0.2, 0.25) is 35.2 Å². The van der Waals surface area contributed by atoms with Gasteiger partial charge in [-0.2, -0.15) is 20.2 Å². The van der Waals surface area contributed by atoms with Gasteiger partial charge in [-0.1, -0.05) is 82.2 Å². The Kier molecular flexibility index (Phi) is 17.7. The minimum absolute atomic E-state index is 0.00598. The fourth-order valence-electron chi connectivity index (χ4n) is 15.2. The van der Waals surface area contributed by atoms with Gasteiger partial charge in [-0.15, -0.1) is 0 Å². The monoisotopic (exact) mass is 1360 g/mol. The fraction of sp³-hybridized carbons (Fsp3) is 0.384. The van der Waals surface area contributed by atoms with Crippen molar-refractivity contribution >= 4 is 39.5 Å². The van der Waals surface area contributed by atoms with E-state index in [1.807, 2.05) is 72.8 Å². The summed E-state index contributed by atoms with van der Waals surface area (Å²) in [5.41, 5.74) is 12.0. The molecule has 4 aromatic heterocycles. The molecule has 0 radical (unpaired) electrons. The van der Waals surface area contributed by atoms with E-state index in [1.165, 1.54) is 35.1 Å². The third-order valence-corrected chi connectivity index (χ3v) is 20.6. The zero-order valence-electron chi connectivity index (χ0n) is 53.5. The van der Waals surface area contributed by atoms with Crippen LogP contribution < -0.4 is 10.1 Å². The van der Waals surface area contributed by atoms with Crippen LogP contribution in [0.1, 0.15) is 104 Å². The average molecular weight is 1360 g/mol. The van der Waals surface area contributed by atoms with Gasteiger partial charge in [-0.05, 0) is 163 Å². The second-order valence-electron chi connectivity index (χ2n) is 26.5. The quantitative estimate of drug-likeness (QED) is 0.0659. The van der Waals surface area contributed by atoms with Crippen LogP contribution in [-0.2, 0) is 49.9 Å². The number of aliphatic hydroxyl groups is 3. The van der Waals surface area contributed by atoms with Crippen LogP contribution in [0.3, 0.4) is 0 Å². The fourth-order valence-corrected chi connectivity index (χ4v) is 15.6. The number of aliphatic hydroxyl groups excluding tert-OH is 3. The highest BCUT2D eigenvalue weighted by Gasteiger charge is 2.51. The maximum absolute atomic E-state index is 12.5. The topological polar surface area (TPSA) is 296 Å². The molecule has 5 aromatic carbocycles. The molecular formula is C73H73BrN12O10. The first-order chi connectivity index (χ1) is 46.7. The molecule has 7 heterocycles. The normalized spacial score (nSPS) is 20.5. The van der Waals surface area contributed by atoms with Crippen LogP contribution in [0.5, 0.6) is 5.75 Å². The SMILES string of the molecule is CC(C)Nc1ncc(-c2nc(-c3cccc4c3CCC43CC(=O)N(CCO)C3)no2)cc1Br.N#Cc1ccccc1-c1nc(-c2cccc3c2CCC32CC(=O)N(CCO)C2)no1.O=C1CC2(CCc3c(-c4noc(-c5ccc(OCC6CC6)cc5)n4)cccc32)CN1CCO. The van der Waals surface area contributed by atoms with Gasteiger partial charge < -0.3 is 53.6 Å². The van der Waals surface area contributed by atoms with Crippen molar-refractivity contribution in [3.05, 3.63) is 159 Å². The van der Waals surface area contributed by atoms with Gasteiger partial charge in [-0.3, -0.25) is 14.4 Å². The number of benzene rings is 5. The molecular weight excluding hydrogens is 1280 g/mol. The number of carbonyl (C=O) groups excluding carboxylic acids is 3. The van der Waals surface area contributed by atoms with Crippen molar-refractivity contribution in [3.8, 4) is 80.3 Å². The Morgan fingerprint density at radius 3 is 1.47 bits per heavy atom. The Hall–Kier alpha value is -9.47. The smallest absolute Gasteiger partial charge is 0.259 e. The highest BCUT2D eigenvalue weighted by molar-refractivity contribution is 9.10. The molecule has 3 spiro atoms. The lowest BCUT2D eigenvalue weighted by molar-refractivity contribution is -0.128. The number of likely N-dealkylation sites (tertiary alicyclic amines) is 3. The minimum atomic E-state index is -0.211. The van der Waals surface area contributed by atoms with Crippen LogP contribution >= 0.6 is 15.9 Å². The average Bonchev–Trinajstić information content (AvgIpc) is 1.60. The van der Waals surface area contributed by atoms with Crippen molar-refractivity contribution < 1.29 is 48.0 Å². The summed E-state index contributed by atoms with van der Waals surface area (Å²) in [5.74, 6) is 5.47. The van der Waals surface area contributed by atoms with Crippen molar-refractivity contribution in [1.82, 2.24) is 50.1 Å². The van der Waals surface area contributed by atoms with E-state index in [-0.39, 0.29) is 59.8 Å². The molecule has 4 N–H and O–H groups in total. The highest BCUT2D eigenvalue weighted by Crippen LogP contribution is 2.51. The number of ether oxygens (including phenoxy) is 1. The van der Waals surface area contributed by atoms with E-state index < -0.39 is 0 Å². The number of nitrogens with zero attached hydrogens (tertiary/aromatic N) is 11. The van der Waals surface area contributed by atoms with E-state index in [9.17, 15) is 35.0 Å². The summed E-state index contributed by atoms with van der Waals surface area (Å²) in [7, 11) is 0. The molecule has 1 saturated carbocycles. The molecule has 3 amide bonds. The highest BCUT2D eigenvalue weighted by atomic mass is 79.9. The number of hydrogen-bond donors (Lipinski definition) is 4. The molecule has 22 nitrogen and oxygen atoms in total. The molecule has 9 aromatic rings. The van der Waals surface area contributed by atoms with E-state index in [0.29, 0.717) is 105 Å². The van der Waals surface area contributed by atoms with Crippen molar-refractivity contribution in [2.24, 2.45) is 5.92 Å². The number of rotatable bonds is 17. The van der Waals surface area contributed by atoms with Crippen LogP contribution in [0.15, 0.2) is 133 Å². The Bertz CT molecular complexity index is 4460. The van der Waals surface area contributed by atoms with Gasteiger partial charge in [0.1, 0.15) is 11.6 Å². The molecule has 96 heavy (non-hydrogen) atoms. The number of nitriles is 1. The van der Waals surface area contributed by atoms with Gasteiger partial charge in [0.15, 0.2) is 0 Å². The molecule has 3 aliphatic heterocycles. The summed E-state index contributed by atoms with van der Waals surface area (Å²) >= 11 is 3.56. The number of hydrogen-bond acceptors (Lipinski definition) is 19. The first kappa shape index (κ1) is 63.9. The number of β-amino-alcohol motifs (C(OH)–C–C–N with tert-alkyl or cyclic N) is 3. The van der Waals surface area contributed by atoms with Crippen molar-refractivity contribution in [1.29, 1.82) is 5.26 Å². The first-order valence-electron chi connectivity index (χ1n) is 32.9. The molecule has 3 atom stereocenters. The van der Waals surface area contributed by atoms with E-state index in [2.05, 4.69) is 94.8 Å². The Balaban J connectivity index is 0.000000124. The second-order valence-corrected chi connectivity index (χ2v) is 27.4. The Morgan fingerprint density at radius 2 is 1.03 bits per heavy atom. The van der Waals surface area contributed by atoms with E-state index in [1.54, 1.807) is 39.1 Å². The standard InChI is InChI=1S/C26H27N3O4.C24H26BrN5O3.C23H20N4O3/c30-13-12-29-16-26(14-23(29)31)11-10-20-21(2-1-3-22(20)26)24-27-25(33-28-24)18-6-8-19(9-7-18)32-15-17-4-5-17;1-14(2)27-22-19(25)10-15(12-26-22)23-28-21(29-33-23)17-4-3-5-18-16(17)6-7-24(18)11-20(32)30(13-24)8-9-31;24-13-15-4-1-2-5-16(15)22-25-21(26-30-22)18-6-3-7-19-17(18)8-9-23(19)12-20(29)27(14-23)10-11-28/h1-3,6-9,17,30H,4-5,10-16H2;3-5,10,12,14,31H,6-9,11,13H2,1-2H3,(H,26,27);1-7,28H,8-12,14H2. The first-order valence-corrected chi connectivity index (χ1v) is 33.7. The summed E-state index contributed by atoms with van der Waals surface area (Å²) < 4.78 is 23.3. The van der Waals surface area contributed by atoms with Crippen LogP contribution in [-0.4, -0.2) is 155 Å². The summed E-state index contributed by atoms with van der Waals surface area (Å²) in [6.45, 7) is 7.96. The van der Waals surface area contributed by atoms with Gasteiger partial charge in [0.25, 0.3) is 17.7 Å². The number of pyridine rings is 1. The van der Waals surface area contributed by atoms with Crippen LogP contribution in [0, 0.1) is 17.2 Å². The summed E-state index contributed by atoms with van der Waals surface area (Å²) in [6.07, 6.45) is 11.0. The van der Waals surface area contributed by atoms with Gasteiger partial charge in [-0.25, -0.2) is 4.98 Å². The minimum Gasteiger partial charge on any atom is -0.493 e. The molecule has 492 valence electrons. The molecule has 4 aliphatic carbocycles. The summed E-state index contributed by atoms with van der Waals surface area (Å²) in [5, 5.41) is 53.2. The molecule has 16 rings (SSSR count). The number of anilines is 1. The predicted octanol–water partition coefficient (Wildman–Crippen LogP) is 10.1. The maximum atomic E-state index is 12.5. The molecule has 4 fully saturated rings. The summed E-state index contributed by atoms with van der Waals surface area (Å²) in [6, 6.07) is 37.6. The van der Waals surface area contributed by atoms with Crippen LogP contribution in [0.25, 0.3) is 68.5 Å². The predicted molar refractivity (Wildman–Crippen MR) is 358 cm³/mol. The van der Waals surface area contributed by atoms with Gasteiger partial charge >= 0.3 is 0 Å².